The Labute approximate surface area is 164 Å². The molecule has 26 heavy (non-hydrogen) atoms. The predicted octanol–water partition coefficient (Wildman–Crippen LogP) is 7.65. The molecule has 0 radical (unpaired) electrons. The summed E-state index contributed by atoms with van der Waals surface area (Å²) in [5.74, 6) is 1.95. The number of aryl methyl sites for hydroxylation is 1. The summed E-state index contributed by atoms with van der Waals surface area (Å²) in [5, 5.41) is 8.94. The van der Waals surface area contributed by atoms with Crippen molar-refractivity contribution in [1.82, 2.24) is 0 Å². The molecule has 134 valence electrons. The molecule has 0 aliphatic heterocycles. The van der Waals surface area contributed by atoms with Crippen molar-refractivity contribution in [2.45, 2.75) is 51.9 Å². The van der Waals surface area contributed by atoms with E-state index in [1.807, 2.05) is 34.8 Å². The Hall–Kier alpha value is -1.63. The second kappa shape index (κ2) is 7.94. The molecule has 1 fully saturated rings. The highest BCUT2D eigenvalue weighted by Gasteiger charge is 2.20. The molecule has 0 saturated heterocycles. The lowest BCUT2D eigenvalue weighted by atomic mass is 9.79. The van der Waals surface area contributed by atoms with E-state index >= 15 is 0 Å². The number of hydrogen-bond acceptors (Lipinski definition) is 3. The fourth-order valence-electron chi connectivity index (χ4n) is 4.13. The fourth-order valence-corrected chi connectivity index (χ4v) is 6.58. The van der Waals surface area contributed by atoms with E-state index in [1.165, 1.54) is 64.8 Å². The van der Waals surface area contributed by atoms with Crippen molar-refractivity contribution in [2.24, 2.45) is 11.8 Å². The Kier molecular flexibility index (Phi) is 5.43. The van der Waals surface area contributed by atoms with Gasteiger partial charge in [0.2, 0.25) is 0 Å². The zero-order valence-electron chi connectivity index (χ0n) is 15.3. The summed E-state index contributed by atoms with van der Waals surface area (Å²) < 4.78 is 2.83. The number of hydrogen-bond donors (Lipinski definition) is 0. The van der Waals surface area contributed by atoms with Gasteiger partial charge in [-0.2, -0.15) is 5.26 Å². The highest BCUT2D eigenvalue weighted by atomic mass is 32.1. The van der Waals surface area contributed by atoms with Crippen LogP contribution in [0.2, 0.25) is 0 Å². The Morgan fingerprint density at radius 2 is 1.65 bits per heavy atom. The smallest absolute Gasteiger partial charge is 0.0991 e. The van der Waals surface area contributed by atoms with Gasteiger partial charge in [-0.25, -0.2) is 0 Å². The number of benzene rings is 1. The highest BCUT2D eigenvalue weighted by Crippen LogP contribution is 2.39. The van der Waals surface area contributed by atoms with Gasteiger partial charge in [-0.15, -0.1) is 22.7 Å². The van der Waals surface area contributed by atoms with Crippen LogP contribution in [0.3, 0.4) is 0 Å². The average molecular weight is 380 g/mol. The molecule has 4 rings (SSSR count). The van der Waals surface area contributed by atoms with E-state index in [-0.39, 0.29) is 0 Å². The second-order valence-corrected chi connectivity index (χ2v) is 9.83. The SMILES string of the molecule is CCC1CCC(CCc2cc3sc(-c4ccc(C#N)cc4)cc3s2)CC1. The van der Waals surface area contributed by atoms with Crippen LogP contribution in [0.1, 0.15) is 55.9 Å². The van der Waals surface area contributed by atoms with Crippen molar-refractivity contribution in [3.8, 4) is 16.5 Å². The van der Waals surface area contributed by atoms with Crippen molar-refractivity contribution >= 4 is 32.1 Å². The number of nitrogens with zero attached hydrogens (tertiary/aromatic N) is 1. The summed E-state index contributed by atoms with van der Waals surface area (Å²) in [5.41, 5.74) is 1.94. The van der Waals surface area contributed by atoms with Gasteiger partial charge in [0.15, 0.2) is 0 Å². The lowest BCUT2D eigenvalue weighted by molar-refractivity contribution is 0.259. The van der Waals surface area contributed by atoms with Crippen LogP contribution in [0.15, 0.2) is 36.4 Å². The van der Waals surface area contributed by atoms with Crippen molar-refractivity contribution in [3.05, 3.63) is 46.8 Å². The third kappa shape index (κ3) is 3.87. The van der Waals surface area contributed by atoms with Crippen molar-refractivity contribution < 1.29 is 0 Å². The molecule has 3 aromatic rings. The maximum Gasteiger partial charge on any atom is 0.0991 e. The van der Waals surface area contributed by atoms with Crippen molar-refractivity contribution in [1.29, 1.82) is 5.26 Å². The monoisotopic (exact) mass is 379 g/mol. The Morgan fingerprint density at radius 1 is 0.962 bits per heavy atom. The molecule has 1 nitrogen and oxygen atoms in total. The molecular formula is C23H25NS2. The quantitative estimate of drug-likeness (QED) is 0.446. The molecule has 1 aromatic carbocycles. The standard InChI is InChI=1S/C23H25NS2/c1-2-16-3-5-17(6-4-16)9-12-20-13-22-23(25-20)14-21(26-22)19-10-7-18(15-24)8-11-19/h7-8,10-11,13-14,16-17H,2-6,9,12H2,1H3. The summed E-state index contributed by atoms with van der Waals surface area (Å²) >= 11 is 3.85. The molecule has 0 N–H and O–H groups in total. The van der Waals surface area contributed by atoms with Crippen LogP contribution in [0, 0.1) is 23.2 Å². The van der Waals surface area contributed by atoms with Crippen LogP contribution in [-0.4, -0.2) is 0 Å². The Morgan fingerprint density at radius 3 is 2.31 bits per heavy atom. The molecule has 2 heterocycles. The molecular weight excluding hydrogens is 354 g/mol. The van der Waals surface area contributed by atoms with E-state index in [1.54, 1.807) is 4.88 Å². The van der Waals surface area contributed by atoms with E-state index in [4.69, 9.17) is 5.26 Å². The second-order valence-electron chi connectivity index (χ2n) is 7.57. The average Bonchev–Trinajstić information content (AvgIpc) is 3.25. The zero-order valence-corrected chi connectivity index (χ0v) is 17.0. The first-order valence-corrected chi connectivity index (χ1v) is 11.4. The highest BCUT2D eigenvalue weighted by molar-refractivity contribution is 7.29. The van der Waals surface area contributed by atoms with Crippen LogP contribution in [0.4, 0.5) is 0 Å². The van der Waals surface area contributed by atoms with E-state index < -0.39 is 0 Å². The van der Waals surface area contributed by atoms with Gasteiger partial charge in [0.1, 0.15) is 0 Å². The van der Waals surface area contributed by atoms with Gasteiger partial charge < -0.3 is 0 Å². The van der Waals surface area contributed by atoms with Crippen LogP contribution < -0.4 is 0 Å². The first kappa shape index (κ1) is 17.8. The van der Waals surface area contributed by atoms with Gasteiger partial charge >= 0.3 is 0 Å². The molecule has 0 unspecified atom stereocenters. The third-order valence-electron chi connectivity index (χ3n) is 5.90. The van der Waals surface area contributed by atoms with Gasteiger partial charge in [-0.3, -0.25) is 0 Å². The minimum Gasteiger partial charge on any atom is -0.192 e. The van der Waals surface area contributed by atoms with Gasteiger partial charge in [0.25, 0.3) is 0 Å². The summed E-state index contributed by atoms with van der Waals surface area (Å²) in [6.45, 7) is 2.34. The Bertz CT molecular complexity index is 870. The molecule has 0 amide bonds. The first-order chi connectivity index (χ1) is 12.7. The number of thiophene rings is 2. The minimum atomic E-state index is 0.724. The first-order valence-electron chi connectivity index (χ1n) is 9.78. The molecule has 0 spiro atoms. The van der Waals surface area contributed by atoms with Gasteiger partial charge in [0, 0.05) is 19.2 Å². The zero-order chi connectivity index (χ0) is 17.9. The van der Waals surface area contributed by atoms with Crippen LogP contribution in [0.25, 0.3) is 19.8 Å². The lowest BCUT2D eigenvalue weighted by Gasteiger charge is -2.27. The lowest BCUT2D eigenvalue weighted by Crippen LogP contribution is -2.14. The maximum atomic E-state index is 8.94. The van der Waals surface area contributed by atoms with Crippen LogP contribution in [0.5, 0.6) is 0 Å². The topological polar surface area (TPSA) is 23.8 Å². The summed E-state index contributed by atoms with van der Waals surface area (Å²) in [6, 6.07) is 14.8. The molecule has 3 heteroatoms. The molecule has 0 atom stereocenters. The van der Waals surface area contributed by atoms with E-state index in [0.29, 0.717) is 0 Å². The molecule has 1 aliphatic rings. The van der Waals surface area contributed by atoms with E-state index in [9.17, 15) is 0 Å². The summed E-state index contributed by atoms with van der Waals surface area (Å²) in [4.78, 5) is 2.86. The maximum absolute atomic E-state index is 8.94. The van der Waals surface area contributed by atoms with Gasteiger partial charge in [-0.1, -0.05) is 51.2 Å². The van der Waals surface area contributed by atoms with Crippen molar-refractivity contribution in [3.63, 3.8) is 0 Å². The fraction of sp³-hybridized carbons (Fsp3) is 0.435. The van der Waals surface area contributed by atoms with E-state index in [0.717, 1.165) is 17.4 Å². The number of nitriles is 1. The Balaban J connectivity index is 1.39. The molecule has 1 aliphatic carbocycles. The summed E-state index contributed by atoms with van der Waals surface area (Å²) in [6.07, 6.45) is 9.79. The largest absolute Gasteiger partial charge is 0.192 e. The summed E-state index contributed by atoms with van der Waals surface area (Å²) in [7, 11) is 0. The van der Waals surface area contributed by atoms with Gasteiger partial charge in [-0.05, 0) is 54.5 Å². The predicted molar refractivity (Wildman–Crippen MR) is 114 cm³/mol. The minimum absolute atomic E-state index is 0.724. The normalized spacial score (nSPS) is 20.3. The molecule has 2 aromatic heterocycles. The van der Waals surface area contributed by atoms with Crippen LogP contribution in [-0.2, 0) is 6.42 Å². The third-order valence-corrected chi connectivity index (χ3v) is 8.30. The number of rotatable bonds is 5. The van der Waals surface area contributed by atoms with Crippen molar-refractivity contribution in [2.75, 3.05) is 0 Å². The number of fused-ring (bicyclic) bond motifs is 1. The van der Waals surface area contributed by atoms with Gasteiger partial charge in [0.05, 0.1) is 11.6 Å². The van der Waals surface area contributed by atoms with Crippen LogP contribution >= 0.6 is 22.7 Å². The van der Waals surface area contributed by atoms with E-state index in [2.05, 4.69) is 37.3 Å². The molecule has 1 saturated carbocycles. The molecule has 0 bridgehead atoms.